The van der Waals surface area contributed by atoms with Crippen molar-refractivity contribution >= 4 is 34.2 Å². The van der Waals surface area contributed by atoms with Crippen LogP contribution in [-0.4, -0.2) is 5.91 Å². The Morgan fingerprint density at radius 1 is 0.848 bits per heavy atom. The van der Waals surface area contributed by atoms with Crippen LogP contribution in [0.15, 0.2) is 98.6 Å². The van der Waals surface area contributed by atoms with Crippen molar-refractivity contribution in [1.82, 2.24) is 0 Å². The van der Waals surface area contributed by atoms with Crippen molar-refractivity contribution in [3.05, 3.63) is 112 Å². The van der Waals surface area contributed by atoms with Crippen LogP contribution in [0.2, 0.25) is 5.02 Å². The number of hydrogen-bond donors (Lipinski definition) is 1. The summed E-state index contributed by atoms with van der Waals surface area (Å²) < 4.78 is 11.2. The van der Waals surface area contributed by atoms with Crippen molar-refractivity contribution in [2.24, 2.45) is 0 Å². The normalized spacial score (nSPS) is 11.0. The lowest BCUT2D eigenvalue weighted by molar-refractivity contribution is 0.0997. The molecule has 1 amide bonds. The maximum atomic E-state index is 12.7. The topological polar surface area (TPSA) is 72.5 Å². The highest BCUT2D eigenvalue weighted by Gasteiger charge is 2.15. The Hall–Kier alpha value is -4.09. The largest absolute Gasteiger partial charge is 0.451 e. The van der Waals surface area contributed by atoms with E-state index in [-0.39, 0.29) is 11.7 Å². The zero-order chi connectivity index (χ0) is 22.9. The van der Waals surface area contributed by atoms with Crippen molar-refractivity contribution in [2.45, 2.75) is 6.92 Å². The van der Waals surface area contributed by atoms with Crippen LogP contribution in [0, 0.1) is 6.92 Å². The monoisotopic (exact) mass is 455 g/mol. The minimum atomic E-state index is -0.404. The summed E-state index contributed by atoms with van der Waals surface area (Å²) in [7, 11) is 0. The van der Waals surface area contributed by atoms with E-state index in [1.807, 2.05) is 49.4 Å². The fourth-order valence-electron chi connectivity index (χ4n) is 3.72. The third kappa shape index (κ3) is 4.19. The number of benzene rings is 3. The smallest absolute Gasteiger partial charge is 0.344 e. The second kappa shape index (κ2) is 8.45. The summed E-state index contributed by atoms with van der Waals surface area (Å²) in [5, 5.41) is 4.31. The second-order valence-electron chi connectivity index (χ2n) is 7.64. The summed E-state index contributed by atoms with van der Waals surface area (Å²) in [6.45, 7) is 1.88. The lowest BCUT2D eigenvalue weighted by Crippen LogP contribution is -2.11. The van der Waals surface area contributed by atoms with Crippen molar-refractivity contribution in [2.75, 3.05) is 5.32 Å². The van der Waals surface area contributed by atoms with Gasteiger partial charge in [0.1, 0.15) is 11.3 Å². The number of carbonyl (C=O) groups is 1. The highest BCUT2D eigenvalue weighted by atomic mass is 35.5. The Morgan fingerprint density at radius 2 is 1.64 bits per heavy atom. The van der Waals surface area contributed by atoms with E-state index in [4.69, 9.17) is 20.4 Å². The average Bonchev–Trinajstić information content (AvgIpc) is 3.30. The third-order valence-electron chi connectivity index (χ3n) is 5.37. The molecule has 3 aromatic carbocycles. The summed E-state index contributed by atoms with van der Waals surface area (Å²) in [4.78, 5) is 25.2. The van der Waals surface area contributed by atoms with Crippen LogP contribution < -0.4 is 10.9 Å². The summed E-state index contributed by atoms with van der Waals surface area (Å²) >= 11 is 5.93. The number of carbonyl (C=O) groups excluding carboxylic acids is 1. The van der Waals surface area contributed by atoms with Crippen molar-refractivity contribution < 1.29 is 13.6 Å². The molecule has 5 rings (SSSR count). The molecule has 0 bridgehead atoms. The molecule has 6 heteroatoms. The zero-order valence-electron chi connectivity index (χ0n) is 17.6. The number of amides is 1. The summed E-state index contributed by atoms with van der Waals surface area (Å²) in [6, 6.07) is 25.1. The molecule has 0 saturated carbocycles. The van der Waals surface area contributed by atoms with Crippen LogP contribution >= 0.6 is 11.6 Å². The quantitative estimate of drug-likeness (QED) is 0.298. The number of fused-ring (bicyclic) bond motifs is 1. The van der Waals surface area contributed by atoms with Gasteiger partial charge in [-0.1, -0.05) is 35.9 Å². The van der Waals surface area contributed by atoms with Gasteiger partial charge in [0.2, 0.25) is 0 Å². The number of aryl methyl sites for hydroxylation is 1. The Balaban J connectivity index is 1.38. The number of hydrogen-bond acceptors (Lipinski definition) is 4. The Morgan fingerprint density at radius 3 is 2.42 bits per heavy atom. The van der Waals surface area contributed by atoms with E-state index in [1.54, 1.807) is 42.5 Å². The second-order valence-corrected chi connectivity index (χ2v) is 8.08. The van der Waals surface area contributed by atoms with Gasteiger partial charge in [0.15, 0.2) is 5.76 Å². The fourth-order valence-corrected chi connectivity index (χ4v) is 3.84. The highest BCUT2D eigenvalue weighted by Crippen LogP contribution is 2.28. The number of anilines is 1. The minimum absolute atomic E-state index is 0.192. The fraction of sp³-hybridized carbons (Fsp3) is 0.0370. The predicted octanol–water partition coefficient (Wildman–Crippen LogP) is 6.93. The number of furan rings is 1. The average molecular weight is 456 g/mol. The van der Waals surface area contributed by atoms with Crippen LogP contribution in [0.3, 0.4) is 0 Å². The molecule has 2 aromatic heterocycles. The van der Waals surface area contributed by atoms with Crippen molar-refractivity contribution in [1.29, 1.82) is 0 Å². The molecule has 162 valence electrons. The molecule has 0 aliphatic heterocycles. The van der Waals surface area contributed by atoms with Crippen LogP contribution in [-0.2, 0) is 0 Å². The van der Waals surface area contributed by atoms with Gasteiger partial charge in [0.05, 0.1) is 5.56 Å². The van der Waals surface area contributed by atoms with E-state index in [1.165, 1.54) is 0 Å². The molecule has 0 radical (unpaired) electrons. The molecule has 1 N–H and O–H groups in total. The molecule has 0 aliphatic carbocycles. The van der Waals surface area contributed by atoms with Gasteiger partial charge in [0.25, 0.3) is 5.91 Å². The Bertz CT molecular complexity index is 1550. The van der Waals surface area contributed by atoms with Crippen LogP contribution in [0.1, 0.15) is 16.1 Å². The first-order valence-corrected chi connectivity index (χ1v) is 10.7. The predicted molar refractivity (Wildman–Crippen MR) is 130 cm³/mol. The van der Waals surface area contributed by atoms with E-state index >= 15 is 0 Å². The molecule has 2 heterocycles. The zero-order valence-corrected chi connectivity index (χ0v) is 18.3. The number of nitrogens with one attached hydrogen (secondary N) is 1. The van der Waals surface area contributed by atoms with Gasteiger partial charge in [0, 0.05) is 21.7 Å². The van der Waals surface area contributed by atoms with Crippen molar-refractivity contribution in [3.8, 4) is 22.5 Å². The molecular weight excluding hydrogens is 438 g/mol. The maximum absolute atomic E-state index is 12.7. The number of rotatable bonds is 4. The van der Waals surface area contributed by atoms with E-state index in [2.05, 4.69) is 5.32 Å². The van der Waals surface area contributed by atoms with E-state index in [0.29, 0.717) is 27.6 Å². The third-order valence-corrected chi connectivity index (χ3v) is 5.63. The molecule has 0 spiro atoms. The van der Waals surface area contributed by atoms with Gasteiger partial charge in [-0.05, 0) is 78.7 Å². The van der Waals surface area contributed by atoms with Gasteiger partial charge in [-0.25, -0.2) is 4.79 Å². The first kappa shape index (κ1) is 20.8. The lowest BCUT2D eigenvalue weighted by Gasteiger charge is -2.09. The number of halogens is 1. The lowest BCUT2D eigenvalue weighted by atomic mass is 10.0. The molecule has 5 nitrogen and oxygen atoms in total. The van der Waals surface area contributed by atoms with E-state index in [0.717, 1.165) is 22.1 Å². The van der Waals surface area contributed by atoms with Gasteiger partial charge in [-0.3, -0.25) is 4.79 Å². The standard InChI is InChI=1S/C27H18ClNO4/c1-16-14-20(10-11-21(16)22-15-18-4-2-3-5-23(18)33-27(22)31)29-26(30)25-13-12-24(32-25)17-6-8-19(28)9-7-17/h2-15H,1H3,(H,29,30). The molecular formula is C27H18ClNO4. The van der Waals surface area contributed by atoms with Crippen LogP contribution in [0.5, 0.6) is 0 Å². The van der Waals surface area contributed by atoms with Crippen molar-refractivity contribution in [3.63, 3.8) is 0 Å². The summed E-state index contributed by atoms with van der Waals surface area (Å²) in [5.74, 6) is 0.399. The molecule has 0 unspecified atom stereocenters. The van der Waals surface area contributed by atoms with Gasteiger partial charge in [-0.15, -0.1) is 0 Å². The Kier molecular flexibility index (Phi) is 5.32. The minimum Gasteiger partial charge on any atom is -0.451 e. The summed E-state index contributed by atoms with van der Waals surface area (Å²) in [6.07, 6.45) is 0. The SMILES string of the molecule is Cc1cc(NC(=O)c2ccc(-c3ccc(Cl)cc3)o2)ccc1-c1cc2ccccc2oc1=O. The first-order valence-electron chi connectivity index (χ1n) is 10.3. The van der Waals surface area contributed by atoms with Gasteiger partial charge in [-0.2, -0.15) is 0 Å². The van der Waals surface area contributed by atoms with E-state index < -0.39 is 5.63 Å². The number of para-hydroxylation sites is 1. The van der Waals surface area contributed by atoms with E-state index in [9.17, 15) is 9.59 Å². The highest BCUT2D eigenvalue weighted by molar-refractivity contribution is 6.30. The Labute approximate surface area is 194 Å². The molecule has 5 aromatic rings. The molecule has 0 saturated heterocycles. The summed E-state index contributed by atoms with van der Waals surface area (Å²) in [5.41, 5.74) is 3.61. The maximum Gasteiger partial charge on any atom is 0.344 e. The molecule has 0 fully saturated rings. The van der Waals surface area contributed by atoms with Gasteiger partial charge >= 0.3 is 5.63 Å². The van der Waals surface area contributed by atoms with Gasteiger partial charge < -0.3 is 14.2 Å². The molecule has 0 aliphatic rings. The van der Waals surface area contributed by atoms with Crippen LogP contribution in [0.4, 0.5) is 5.69 Å². The van der Waals surface area contributed by atoms with Crippen LogP contribution in [0.25, 0.3) is 33.4 Å². The first-order chi connectivity index (χ1) is 16.0. The molecule has 0 atom stereocenters. The molecule has 33 heavy (non-hydrogen) atoms.